The van der Waals surface area contributed by atoms with Crippen LogP contribution in [-0.2, 0) is 6.42 Å². The highest BCUT2D eigenvalue weighted by Crippen LogP contribution is 2.18. The van der Waals surface area contributed by atoms with Crippen LogP contribution in [0.4, 0.5) is 0 Å². The molecule has 80 valence electrons. The number of fused-ring (bicyclic) bond motifs is 1. The number of H-pyrrole nitrogens is 1. The van der Waals surface area contributed by atoms with Crippen molar-refractivity contribution in [2.75, 3.05) is 0 Å². The summed E-state index contributed by atoms with van der Waals surface area (Å²) >= 11 is 0. The number of hydrogen-bond donors (Lipinski definition) is 1. The minimum atomic E-state index is -0.0273. The smallest absolute Gasteiger partial charge is 0.257 e. The zero-order valence-corrected chi connectivity index (χ0v) is 9.24. The summed E-state index contributed by atoms with van der Waals surface area (Å²) in [6.07, 6.45) is 0.775. The minimum Gasteiger partial charge on any atom is -0.269 e. The molecule has 2 heterocycles. The first-order chi connectivity index (χ1) is 6.97. The molecule has 0 aliphatic carbocycles. The van der Waals surface area contributed by atoms with Gasteiger partial charge in [-0.25, -0.2) is 4.40 Å². The van der Waals surface area contributed by atoms with Crippen molar-refractivity contribution < 1.29 is 0 Å². The molecule has 1 N–H and O–H groups in total. The van der Waals surface area contributed by atoms with E-state index in [-0.39, 0.29) is 11.0 Å². The van der Waals surface area contributed by atoms with Gasteiger partial charge in [-0.2, -0.15) is 5.10 Å². The Labute approximate surface area is 87.9 Å². The van der Waals surface area contributed by atoms with E-state index in [0.717, 1.165) is 17.9 Å². The van der Waals surface area contributed by atoms with Gasteiger partial charge in [0.15, 0.2) is 0 Å². The second-order valence-electron chi connectivity index (χ2n) is 4.96. The number of nitrogens with zero attached hydrogens (tertiary/aromatic N) is 2. The van der Waals surface area contributed by atoms with E-state index < -0.39 is 0 Å². The van der Waals surface area contributed by atoms with Crippen molar-refractivity contribution in [2.45, 2.75) is 27.2 Å². The van der Waals surface area contributed by atoms with Crippen molar-refractivity contribution in [3.8, 4) is 0 Å². The lowest BCUT2D eigenvalue weighted by atomic mass is 9.92. The molecule has 2 aromatic heterocycles. The molecule has 0 unspecified atom stereocenters. The number of rotatable bonds is 1. The second-order valence-corrected chi connectivity index (χ2v) is 4.96. The molecule has 0 amide bonds. The van der Waals surface area contributed by atoms with Gasteiger partial charge in [0.05, 0.1) is 0 Å². The van der Waals surface area contributed by atoms with Gasteiger partial charge < -0.3 is 0 Å². The van der Waals surface area contributed by atoms with Crippen molar-refractivity contribution in [3.63, 3.8) is 0 Å². The fourth-order valence-electron chi connectivity index (χ4n) is 1.61. The monoisotopic (exact) mass is 205 g/mol. The minimum absolute atomic E-state index is 0.0273. The number of aromatic nitrogens is 3. The van der Waals surface area contributed by atoms with Crippen molar-refractivity contribution in [1.29, 1.82) is 0 Å². The molecule has 4 heteroatoms. The topological polar surface area (TPSA) is 50.2 Å². The molecule has 2 aromatic rings. The highest BCUT2D eigenvalue weighted by Gasteiger charge is 2.16. The van der Waals surface area contributed by atoms with Gasteiger partial charge in [0, 0.05) is 12.5 Å². The van der Waals surface area contributed by atoms with Crippen molar-refractivity contribution in [2.24, 2.45) is 5.41 Å². The number of nitrogens with one attached hydrogen (secondary N) is 1. The first kappa shape index (κ1) is 9.96. The normalized spacial score (nSPS) is 12.2. The van der Waals surface area contributed by atoms with Crippen LogP contribution >= 0.6 is 0 Å². The van der Waals surface area contributed by atoms with Gasteiger partial charge in [-0.15, -0.1) is 0 Å². The third-order valence-corrected chi connectivity index (χ3v) is 2.20. The van der Waals surface area contributed by atoms with E-state index in [1.807, 2.05) is 6.07 Å². The van der Waals surface area contributed by atoms with E-state index in [9.17, 15) is 4.79 Å². The molecular formula is C11H15N3O. The Morgan fingerprint density at radius 3 is 2.80 bits per heavy atom. The predicted molar refractivity (Wildman–Crippen MR) is 59.0 cm³/mol. The van der Waals surface area contributed by atoms with Gasteiger partial charge >= 0.3 is 0 Å². The van der Waals surface area contributed by atoms with E-state index in [4.69, 9.17) is 0 Å². The van der Waals surface area contributed by atoms with Gasteiger partial charge in [0.25, 0.3) is 5.56 Å². The van der Waals surface area contributed by atoms with Crippen molar-refractivity contribution >= 4 is 5.65 Å². The molecule has 2 rings (SSSR count). The van der Waals surface area contributed by atoms with Crippen LogP contribution in [0.2, 0.25) is 0 Å². The van der Waals surface area contributed by atoms with Gasteiger partial charge in [0.2, 0.25) is 0 Å². The highest BCUT2D eigenvalue weighted by atomic mass is 16.1. The average molecular weight is 205 g/mol. The quantitative estimate of drug-likeness (QED) is 0.769. The van der Waals surface area contributed by atoms with E-state index in [0.29, 0.717) is 0 Å². The van der Waals surface area contributed by atoms with Gasteiger partial charge in [-0.1, -0.05) is 26.8 Å². The maximum atomic E-state index is 11.6. The van der Waals surface area contributed by atoms with E-state index in [2.05, 4.69) is 31.0 Å². The van der Waals surface area contributed by atoms with Crippen molar-refractivity contribution in [3.05, 3.63) is 34.4 Å². The standard InChI is InChI=1S/C11H15N3O/c1-11(2,3)7-9-13-12-8-5-4-6-10(15)14(8)9/h4-6,12H,7H2,1-3H3. The Hall–Kier alpha value is -1.58. The molecule has 0 radical (unpaired) electrons. The number of hydrogen-bond acceptors (Lipinski definition) is 2. The molecule has 0 fully saturated rings. The van der Waals surface area contributed by atoms with Crippen LogP contribution in [0, 0.1) is 5.41 Å². The summed E-state index contributed by atoms with van der Waals surface area (Å²) in [7, 11) is 0. The summed E-state index contributed by atoms with van der Waals surface area (Å²) in [5.74, 6) is 0.795. The van der Waals surface area contributed by atoms with Crippen LogP contribution in [0.25, 0.3) is 5.65 Å². The number of aromatic amines is 1. The Kier molecular flexibility index (Phi) is 2.14. The van der Waals surface area contributed by atoms with Gasteiger partial charge in [-0.3, -0.25) is 9.89 Å². The van der Waals surface area contributed by atoms with Crippen molar-refractivity contribution in [1.82, 2.24) is 14.6 Å². The van der Waals surface area contributed by atoms with Gasteiger partial charge in [-0.05, 0) is 11.5 Å². The molecule has 15 heavy (non-hydrogen) atoms. The molecule has 0 aliphatic heterocycles. The zero-order chi connectivity index (χ0) is 11.1. The zero-order valence-electron chi connectivity index (χ0n) is 9.24. The van der Waals surface area contributed by atoms with E-state index in [1.54, 1.807) is 16.5 Å². The molecule has 0 spiro atoms. The summed E-state index contributed by atoms with van der Waals surface area (Å²) in [5, 5.41) is 7.04. The third kappa shape index (κ3) is 1.93. The van der Waals surface area contributed by atoms with Gasteiger partial charge in [0.1, 0.15) is 11.5 Å². The number of pyridine rings is 1. The average Bonchev–Trinajstić information content (AvgIpc) is 2.47. The Morgan fingerprint density at radius 2 is 2.13 bits per heavy atom. The Balaban J connectivity index is 2.58. The summed E-state index contributed by atoms with van der Waals surface area (Å²) in [6, 6.07) is 5.13. The molecule has 0 saturated heterocycles. The molecular weight excluding hydrogens is 190 g/mol. The lowest BCUT2D eigenvalue weighted by Gasteiger charge is -2.15. The first-order valence-electron chi connectivity index (χ1n) is 5.02. The molecule has 0 saturated carbocycles. The maximum Gasteiger partial charge on any atom is 0.257 e. The lowest BCUT2D eigenvalue weighted by Crippen LogP contribution is -2.18. The Morgan fingerprint density at radius 1 is 1.40 bits per heavy atom. The largest absolute Gasteiger partial charge is 0.269 e. The molecule has 0 aliphatic rings. The lowest BCUT2D eigenvalue weighted by molar-refractivity contribution is 0.398. The van der Waals surface area contributed by atoms with Crippen LogP contribution in [0.1, 0.15) is 26.6 Å². The summed E-state index contributed by atoms with van der Waals surface area (Å²) in [6.45, 7) is 6.38. The van der Waals surface area contributed by atoms with Crippen LogP contribution in [0.3, 0.4) is 0 Å². The van der Waals surface area contributed by atoms with Crippen LogP contribution < -0.4 is 5.56 Å². The first-order valence-corrected chi connectivity index (χ1v) is 5.02. The summed E-state index contributed by atoms with van der Waals surface area (Å²) in [5.41, 5.74) is 0.847. The molecule has 0 aromatic carbocycles. The molecule has 4 nitrogen and oxygen atoms in total. The van der Waals surface area contributed by atoms with Crippen LogP contribution in [0.15, 0.2) is 23.0 Å². The second kappa shape index (κ2) is 3.22. The third-order valence-electron chi connectivity index (χ3n) is 2.20. The SMILES string of the molecule is CC(C)(C)Cc1n[nH]c2cccc(=O)n12. The molecule has 0 atom stereocenters. The fourth-order valence-corrected chi connectivity index (χ4v) is 1.61. The summed E-state index contributed by atoms with van der Waals surface area (Å²) in [4.78, 5) is 11.6. The maximum absolute atomic E-state index is 11.6. The van der Waals surface area contributed by atoms with E-state index in [1.165, 1.54) is 0 Å². The Bertz CT molecular complexity index is 530. The van der Waals surface area contributed by atoms with Crippen LogP contribution in [-0.4, -0.2) is 14.6 Å². The highest BCUT2D eigenvalue weighted by molar-refractivity contribution is 5.37. The molecule has 0 bridgehead atoms. The summed E-state index contributed by atoms with van der Waals surface area (Å²) < 4.78 is 1.63. The van der Waals surface area contributed by atoms with Crippen LogP contribution in [0.5, 0.6) is 0 Å². The van der Waals surface area contributed by atoms with E-state index >= 15 is 0 Å². The predicted octanol–water partition coefficient (Wildman–Crippen LogP) is 1.61. The fraction of sp³-hybridized carbons (Fsp3) is 0.455.